The van der Waals surface area contributed by atoms with Gasteiger partial charge in [0.2, 0.25) is 0 Å². The molecular formula is C16H25BrN2. The molecule has 1 aliphatic rings. The van der Waals surface area contributed by atoms with Crippen LogP contribution in [0.1, 0.15) is 45.2 Å². The number of rotatable bonds is 4. The van der Waals surface area contributed by atoms with Gasteiger partial charge in [-0.15, -0.1) is 0 Å². The second-order valence-corrected chi connectivity index (χ2v) is 6.57. The summed E-state index contributed by atoms with van der Waals surface area (Å²) in [6.45, 7) is 10.2. The number of hydrogen-bond donors (Lipinski definition) is 1. The Kier molecular flexibility index (Phi) is 5.28. The van der Waals surface area contributed by atoms with Gasteiger partial charge in [-0.3, -0.25) is 0 Å². The molecule has 2 nitrogen and oxygen atoms in total. The molecular weight excluding hydrogens is 300 g/mol. The van der Waals surface area contributed by atoms with Crippen molar-refractivity contribution in [2.24, 2.45) is 5.92 Å². The molecule has 0 aliphatic carbocycles. The van der Waals surface area contributed by atoms with Crippen LogP contribution in [0.3, 0.4) is 0 Å². The van der Waals surface area contributed by atoms with Crippen molar-refractivity contribution < 1.29 is 0 Å². The molecule has 1 unspecified atom stereocenters. The Hall–Kier alpha value is -0.540. The van der Waals surface area contributed by atoms with Gasteiger partial charge < -0.3 is 10.2 Å². The fourth-order valence-electron chi connectivity index (χ4n) is 2.83. The highest BCUT2D eigenvalue weighted by Crippen LogP contribution is 2.32. The van der Waals surface area contributed by atoms with Gasteiger partial charge in [0, 0.05) is 29.3 Å². The molecule has 2 rings (SSSR count). The van der Waals surface area contributed by atoms with Gasteiger partial charge in [-0.05, 0) is 56.0 Å². The zero-order valence-electron chi connectivity index (χ0n) is 12.2. The van der Waals surface area contributed by atoms with Crippen LogP contribution >= 0.6 is 15.9 Å². The van der Waals surface area contributed by atoms with Crippen molar-refractivity contribution in [3.63, 3.8) is 0 Å². The molecule has 1 fully saturated rings. The van der Waals surface area contributed by atoms with E-state index in [1.54, 1.807) is 0 Å². The summed E-state index contributed by atoms with van der Waals surface area (Å²) in [6.07, 6.45) is 2.62. The van der Waals surface area contributed by atoms with Crippen LogP contribution in [0.5, 0.6) is 0 Å². The van der Waals surface area contributed by atoms with Gasteiger partial charge in [0.1, 0.15) is 0 Å². The molecule has 1 saturated heterocycles. The summed E-state index contributed by atoms with van der Waals surface area (Å²) in [5.41, 5.74) is 2.81. The van der Waals surface area contributed by atoms with Crippen LogP contribution < -0.4 is 10.2 Å². The fraction of sp³-hybridized carbons (Fsp3) is 0.625. The second kappa shape index (κ2) is 6.76. The minimum atomic E-state index is 0.400. The molecule has 0 radical (unpaired) electrons. The number of piperidine rings is 1. The largest absolute Gasteiger partial charge is 0.371 e. The predicted octanol–water partition coefficient (Wildman–Crippen LogP) is 4.36. The first-order valence-corrected chi connectivity index (χ1v) is 8.19. The van der Waals surface area contributed by atoms with E-state index in [4.69, 9.17) is 0 Å². The third-order valence-electron chi connectivity index (χ3n) is 4.09. The highest BCUT2D eigenvalue weighted by Gasteiger charge is 2.20. The van der Waals surface area contributed by atoms with Crippen molar-refractivity contribution in [2.45, 2.75) is 39.7 Å². The lowest BCUT2D eigenvalue weighted by Crippen LogP contribution is -2.34. The zero-order chi connectivity index (χ0) is 13.8. The van der Waals surface area contributed by atoms with Gasteiger partial charge in [0.25, 0.3) is 0 Å². The topological polar surface area (TPSA) is 15.3 Å². The lowest BCUT2D eigenvalue weighted by atomic mass is 9.97. The molecule has 1 atom stereocenters. The van der Waals surface area contributed by atoms with E-state index in [1.807, 2.05) is 0 Å². The molecule has 0 bridgehead atoms. The monoisotopic (exact) mass is 324 g/mol. The van der Waals surface area contributed by atoms with Gasteiger partial charge in [-0.2, -0.15) is 0 Å². The van der Waals surface area contributed by atoms with Crippen molar-refractivity contribution in [3.8, 4) is 0 Å². The maximum Gasteiger partial charge on any atom is 0.0415 e. The van der Waals surface area contributed by atoms with E-state index in [0.717, 1.165) is 12.5 Å². The number of anilines is 1. The van der Waals surface area contributed by atoms with Crippen molar-refractivity contribution >= 4 is 21.6 Å². The summed E-state index contributed by atoms with van der Waals surface area (Å²) in [7, 11) is 0. The van der Waals surface area contributed by atoms with Gasteiger partial charge in [-0.25, -0.2) is 0 Å². The summed E-state index contributed by atoms with van der Waals surface area (Å²) in [5, 5.41) is 3.53. The molecule has 0 amide bonds. The van der Waals surface area contributed by atoms with E-state index >= 15 is 0 Å². The van der Waals surface area contributed by atoms with Crippen molar-refractivity contribution in [1.82, 2.24) is 5.32 Å². The van der Waals surface area contributed by atoms with Crippen molar-refractivity contribution in [3.05, 3.63) is 28.2 Å². The van der Waals surface area contributed by atoms with Crippen LogP contribution in [-0.2, 0) is 0 Å². The Bertz CT molecular complexity index is 411. The van der Waals surface area contributed by atoms with Crippen molar-refractivity contribution in [1.29, 1.82) is 0 Å². The molecule has 1 heterocycles. The van der Waals surface area contributed by atoms with E-state index in [9.17, 15) is 0 Å². The maximum absolute atomic E-state index is 3.60. The van der Waals surface area contributed by atoms with E-state index in [0.29, 0.717) is 6.04 Å². The first-order chi connectivity index (χ1) is 9.11. The number of halogens is 1. The predicted molar refractivity (Wildman–Crippen MR) is 86.8 cm³/mol. The summed E-state index contributed by atoms with van der Waals surface area (Å²) < 4.78 is 1.17. The average molecular weight is 325 g/mol. The summed E-state index contributed by atoms with van der Waals surface area (Å²) in [5.74, 6) is 0.876. The van der Waals surface area contributed by atoms with Crippen LogP contribution in [0.15, 0.2) is 22.7 Å². The van der Waals surface area contributed by atoms with E-state index in [1.165, 1.54) is 41.7 Å². The summed E-state index contributed by atoms with van der Waals surface area (Å²) in [4.78, 5) is 2.55. The molecule has 3 heteroatoms. The lowest BCUT2D eigenvalue weighted by Gasteiger charge is -2.34. The molecule has 1 aromatic rings. The second-order valence-electron chi connectivity index (χ2n) is 5.65. The normalized spacial score (nSPS) is 18.6. The SMILES string of the molecule is CCNC(C)c1cc(Br)ccc1N1CCC(C)CC1. The standard InChI is InChI=1S/C16H25BrN2/c1-4-18-13(3)15-11-14(17)5-6-16(15)19-9-7-12(2)8-10-19/h5-6,11-13,18H,4,7-10H2,1-3H3. The molecule has 0 saturated carbocycles. The smallest absolute Gasteiger partial charge is 0.0415 e. The molecule has 0 spiro atoms. The number of nitrogens with one attached hydrogen (secondary N) is 1. The Balaban J connectivity index is 2.23. The molecule has 1 aromatic carbocycles. The molecule has 106 valence electrons. The molecule has 0 aromatic heterocycles. The zero-order valence-corrected chi connectivity index (χ0v) is 13.8. The molecule has 19 heavy (non-hydrogen) atoms. The van der Waals surface area contributed by atoms with Gasteiger partial charge in [-0.1, -0.05) is 29.8 Å². The van der Waals surface area contributed by atoms with Crippen LogP contribution in [0, 0.1) is 5.92 Å². The highest BCUT2D eigenvalue weighted by molar-refractivity contribution is 9.10. The minimum Gasteiger partial charge on any atom is -0.371 e. The van der Waals surface area contributed by atoms with E-state index in [2.05, 4.69) is 65.1 Å². The van der Waals surface area contributed by atoms with Crippen molar-refractivity contribution in [2.75, 3.05) is 24.5 Å². The van der Waals surface area contributed by atoms with E-state index in [-0.39, 0.29) is 0 Å². The quantitative estimate of drug-likeness (QED) is 0.885. The first kappa shape index (κ1) is 14.9. The fourth-order valence-corrected chi connectivity index (χ4v) is 3.20. The van der Waals surface area contributed by atoms with Crippen LogP contribution in [0.25, 0.3) is 0 Å². The third-order valence-corrected chi connectivity index (χ3v) is 4.58. The van der Waals surface area contributed by atoms with Crippen LogP contribution in [-0.4, -0.2) is 19.6 Å². The van der Waals surface area contributed by atoms with Crippen LogP contribution in [0.2, 0.25) is 0 Å². The van der Waals surface area contributed by atoms with Gasteiger partial charge in [0.05, 0.1) is 0 Å². The average Bonchev–Trinajstić information content (AvgIpc) is 2.40. The summed E-state index contributed by atoms with van der Waals surface area (Å²) in [6, 6.07) is 7.09. The Morgan fingerprint density at radius 2 is 2.05 bits per heavy atom. The van der Waals surface area contributed by atoms with Crippen LogP contribution in [0.4, 0.5) is 5.69 Å². The minimum absolute atomic E-state index is 0.400. The lowest BCUT2D eigenvalue weighted by molar-refractivity contribution is 0.437. The van der Waals surface area contributed by atoms with Gasteiger partial charge >= 0.3 is 0 Å². The number of hydrogen-bond acceptors (Lipinski definition) is 2. The Morgan fingerprint density at radius 1 is 1.37 bits per heavy atom. The maximum atomic E-state index is 3.60. The molecule has 1 aliphatic heterocycles. The molecule has 1 N–H and O–H groups in total. The first-order valence-electron chi connectivity index (χ1n) is 7.39. The van der Waals surface area contributed by atoms with E-state index < -0.39 is 0 Å². The Morgan fingerprint density at radius 3 is 2.68 bits per heavy atom. The summed E-state index contributed by atoms with van der Waals surface area (Å²) >= 11 is 3.60. The number of benzene rings is 1. The highest BCUT2D eigenvalue weighted by atomic mass is 79.9. The Labute approximate surface area is 125 Å². The third kappa shape index (κ3) is 3.73. The van der Waals surface area contributed by atoms with Gasteiger partial charge in [0.15, 0.2) is 0 Å². The number of nitrogens with zero attached hydrogens (tertiary/aromatic N) is 1.